The van der Waals surface area contributed by atoms with Crippen molar-refractivity contribution in [3.8, 4) is 0 Å². The highest BCUT2D eigenvalue weighted by Crippen LogP contribution is 2.53. The average Bonchev–Trinajstić information content (AvgIpc) is 3.33. The van der Waals surface area contributed by atoms with E-state index in [1.54, 1.807) is 18.2 Å². The van der Waals surface area contributed by atoms with Crippen LogP contribution in [-0.4, -0.2) is 41.3 Å². The van der Waals surface area contributed by atoms with Crippen LogP contribution in [0.25, 0.3) is 17.0 Å². The van der Waals surface area contributed by atoms with Gasteiger partial charge in [0.05, 0.1) is 5.54 Å². The molecule has 0 atom stereocenters. The topological polar surface area (TPSA) is 39.3 Å². The number of aromatic nitrogens is 1. The Hall–Kier alpha value is -3.70. The molecule has 2 aliphatic rings. The molecule has 0 radical (unpaired) electrons. The third-order valence-electron chi connectivity index (χ3n) is 8.99. The van der Waals surface area contributed by atoms with Crippen LogP contribution in [0.15, 0.2) is 84.9 Å². The smallest absolute Gasteiger partial charge is 0.247 e. The molecule has 0 bridgehead atoms. The summed E-state index contributed by atoms with van der Waals surface area (Å²) < 4.78 is 14.3. The van der Waals surface area contributed by atoms with Crippen LogP contribution in [0.1, 0.15) is 48.1 Å². The predicted octanol–water partition coefficient (Wildman–Crippen LogP) is 6.63. The van der Waals surface area contributed by atoms with E-state index in [1.807, 2.05) is 42.5 Å². The zero-order valence-corrected chi connectivity index (χ0v) is 22.1. The third kappa shape index (κ3) is 3.97. The van der Waals surface area contributed by atoms with Gasteiger partial charge in [-0.05, 0) is 87.2 Å². The van der Waals surface area contributed by atoms with Crippen LogP contribution < -0.4 is 0 Å². The summed E-state index contributed by atoms with van der Waals surface area (Å²) in [6.07, 6.45) is 7.71. The molecule has 194 valence electrons. The van der Waals surface area contributed by atoms with E-state index in [0.717, 1.165) is 48.7 Å². The molecule has 2 heterocycles. The second-order valence-corrected chi connectivity index (χ2v) is 11.0. The van der Waals surface area contributed by atoms with E-state index in [0.29, 0.717) is 6.54 Å². The van der Waals surface area contributed by atoms with Crippen molar-refractivity contribution >= 4 is 22.9 Å². The summed E-state index contributed by atoms with van der Waals surface area (Å²) in [4.78, 5) is 21.9. The standard InChI is InChI=1S/C33H34FN3O/c1-36(2)32(25-11-8-12-26(34)23-25)18-20-33(21-19-32)31-28(27-13-6-7-14-29(27)35-31)17-22-37(33)30(38)16-15-24-9-4-3-5-10-24/h3-16,23,35H,17-22H2,1-2H3. The van der Waals surface area contributed by atoms with Crippen molar-refractivity contribution in [1.29, 1.82) is 0 Å². The molecule has 3 aromatic carbocycles. The molecule has 5 heteroatoms. The van der Waals surface area contributed by atoms with Gasteiger partial charge in [0.15, 0.2) is 0 Å². The molecule has 1 N–H and O–H groups in total. The Morgan fingerprint density at radius 1 is 0.947 bits per heavy atom. The van der Waals surface area contributed by atoms with E-state index in [4.69, 9.17) is 0 Å². The van der Waals surface area contributed by atoms with Crippen molar-refractivity contribution in [3.63, 3.8) is 0 Å². The number of halogens is 1. The summed E-state index contributed by atoms with van der Waals surface area (Å²) in [6, 6.07) is 25.5. The third-order valence-corrected chi connectivity index (χ3v) is 8.99. The lowest BCUT2D eigenvalue weighted by molar-refractivity contribution is -0.137. The maximum Gasteiger partial charge on any atom is 0.247 e. The van der Waals surface area contributed by atoms with Crippen LogP contribution in [-0.2, 0) is 22.3 Å². The Morgan fingerprint density at radius 3 is 2.42 bits per heavy atom. The van der Waals surface area contributed by atoms with Crippen molar-refractivity contribution in [2.24, 2.45) is 0 Å². The number of carbonyl (C=O) groups excluding carboxylic acids is 1. The molecular formula is C33H34FN3O. The van der Waals surface area contributed by atoms with E-state index in [-0.39, 0.29) is 17.3 Å². The molecule has 1 spiro atoms. The Labute approximate surface area is 223 Å². The molecule has 1 aliphatic carbocycles. The van der Waals surface area contributed by atoms with Gasteiger partial charge in [-0.25, -0.2) is 4.39 Å². The number of rotatable bonds is 4. The van der Waals surface area contributed by atoms with Crippen LogP contribution in [0.3, 0.4) is 0 Å². The van der Waals surface area contributed by atoms with Gasteiger partial charge in [0.1, 0.15) is 5.82 Å². The molecule has 1 aromatic heterocycles. The van der Waals surface area contributed by atoms with Gasteiger partial charge in [-0.1, -0.05) is 60.7 Å². The van der Waals surface area contributed by atoms with Gasteiger partial charge >= 0.3 is 0 Å². The normalized spacial score (nSPS) is 23.4. The first-order valence-electron chi connectivity index (χ1n) is 13.5. The largest absolute Gasteiger partial charge is 0.356 e. The summed E-state index contributed by atoms with van der Waals surface area (Å²) in [5.41, 5.74) is 4.94. The molecule has 38 heavy (non-hydrogen) atoms. The summed E-state index contributed by atoms with van der Waals surface area (Å²) in [5, 5.41) is 1.25. The van der Waals surface area contributed by atoms with E-state index in [9.17, 15) is 9.18 Å². The van der Waals surface area contributed by atoms with Crippen LogP contribution in [0.2, 0.25) is 0 Å². The highest BCUT2D eigenvalue weighted by atomic mass is 19.1. The quantitative estimate of drug-likeness (QED) is 0.315. The zero-order valence-electron chi connectivity index (χ0n) is 22.1. The number of H-pyrrole nitrogens is 1. The Morgan fingerprint density at radius 2 is 1.68 bits per heavy atom. The van der Waals surface area contributed by atoms with Gasteiger partial charge in [-0.3, -0.25) is 9.69 Å². The summed E-state index contributed by atoms with van der Waals surface area (Å²) in [6.45, 7) is 0.682. The first-order valence-corrected chi connectivity index (χ1v) is 13.5. The van der Waals surface area contributed by atoms with Crippen LogP contribution in [0, 0.1) is 5.82 Å². The van der Waals surface area contributed by atoms with Gasteiger partial charge in [0, 0.05) is 34.8 Å². The van der Waals surface area contributed by atoms with Gasteiger partial charge in [0.2, 0.25) is 5.91 Å². The monoisotopic (exact) mass is 507 g/mol. The molecule has 0 unspecified atom stereocenters. The second kappa shape index (κ2) is 9.55. The number of nitrogens with zero attached hydrogens (tertiary/aromatic N) is 2. The fourth-order valence-corrected chi connectivity index (χ4v) is 6.94. The summed E-state index contributed by atoms with van der Waals surface area (Å²) in [7, 11) is 4.17. The Balaban J connectivity index is 1.42. The highest BCUT2D eigenvalue weighted by Gasteiger charge is 2.52. The predicted molar refractivity (Wildman–Crippen MR) is 151 cm³/mol. The molecular weight excluding hydrogens is 473 g/mol. The highest BCUT2D eigenvalue weighted by molar-refractivity contribution is 5.93. The maximum atomic E-state index is 14.3. The molecule has 1 saturated carbocycles. The molecule has 1 aliphatic heterocycles. The maximum absolute atomic E-state index is 14.3. The minimum Gasteiger partial charge on any atom is -0.356 e. The van der Waals surface area contributed by atoms with E-state index >= 15 is 0 Å². The SMILES string of the molecule is CN(C)C1(c2cccc(F)c2)CCC2(CC1)c1[nH]c3ccccc3c1CCN2C(=O)C=Cc1ccccc1. The first kappa shape index (κ1) is 24.6. The number of amides is 1. The van der Waals surface area contributed by atoms with Crippen LogP contribution in [0.5, 0.6) is 0 Å². The van der Waals surface area contributed by atoms with Crippen LogP contribution in [0.4, 0.5) is 4.39 Å². The van der Waals surface area contributed by atoms with Crippen molar-refractivity contribution < 1.29 is 9.18 Å². The van der Waals surface area contributed by atoms with Gasteiger partial charge in [0.25, 0.3) is 0 Å². The molecule has 6 rings (SSSR count). The Bertz CT molecular complexity index is 1500. The number of para-hydroxylation sites is 1. The molecule has 1 amide bonds. The lowest BCUT2D eigenvalue weighted by atomic mass is 9.65. The van der Waals surface area contributed by atoms with Crippen LogP contribution >= 0.6 is 0 Å². The summed E-state index contributed by atoms with van der Waals surface area (Å²) in [5.74, 6) is -0.163. The van der Waals surface area contributed by atoms with E-state index in [2.05, 4.69) is 53.1 Å². The van der Waals surface area contributed by atoms with E-state index in [1.165, 1.54) is 22.7 Å². The summed E-state index contributed by atoms with van der Waals surface area (Å²) >= 11 is 0. The molecule has 4 aromatic rings. The number of aromatic amines is 1. The minimum absolute atomic E-state index is 0.0428. The average molecular weight is 508 g/mol. The van der Waals surface area contributed by atoms with Crippen molar-refractivity contribution in [2.75, 3.05) is 20.6 Å². The number of nitrogens with one attached hydrogen (secondary N) is 1. The molecule has 4 nitrogen and oxygen atoms in total. The van der Waals surface area contributed by atoms with E-state index < -0.39 is 5.54 Å². The minimum atomic E-state index is -0.433. The molecule has 1 fully saturated rings. The van der Waals surface area contributed by atoms with Crippen molar-refractivity contribution in [2.45, 2.75) is 43.2 Å². The van der Waals surface area contributed by atoms with Gasteiger partial charge in [-0.15, -0.1) is 0 Å². The Kier molecular flexibility index (Phi) is 6.19. The number of benzene rings is 3. The number of fused-ring (bicyclic) bond motifs is 4. The first-order chi connectivity index (χ1) is 18.4. The lowest BCUT2D eigenvalue weighted by Crippen LogP contribution is -2.58. The lowest BCUT2D eigenvalue weighted by Gasteiger charge is -2.55. The number of hydrogen-bond donors (Lipinski definition) is 1. The second-order valence-electron chi connectivity index (χ2n) is 11.0. The number of carbonyl (C=O) groups is 1. The van der Waals surface area contributed by atoms with Crippen molar-refractivity contribution in [1.82, 2.24) is 14.8 Å². The molecule has 0 saturated heterocycles. The van der Waals surface area contributed by atoms with Gasteiger partial charge < -0.3 is 9.88 Å². The van der Waals surface area contributed by atoms with Crippen molar-refractivity contribution in [3.05, 3.63) is 113 Å². The van der Waals surface area contributed by atoms with Gasteiger partial charge in [-0.2, -0.15) is 0 Å². The zero-order chi connectivity index (χ0) is 26.3. The fraction of sp³-hybridized carbons (Fsp3) is 0.303. The fourth-order valence-electron chi connectivity index (χ4n) is 6.94. The number of hydrogen-bond acceptors (Lipinski definition) is 2.